The molecule has 0 radical (unpaired) electrons. The minimum Gasteiger partial charge on any atom is -0.456 e. The number of nitrogens with zero attached hydrogens (tertiary/aromatic N) is 4. The van der Waals surface area contributed by atoms with Gasteiger partial charge in [0.05, 0.1) is 6.54 Å². The van der Waals surface area contributed by atoms with E-state index in [9.17, 15) is 4.79 Å². The lowest BCUT2D eigenvalue weighted by Crippen LogP contribution is -2.48. The Hall–Kier alpha value is -4.58. The van der Waals surface area contributed by atoms with Gasteiger partial charge in [0, 0.05) is 79.1 Å². The average molecular weight is 569 g/mol. The summed E-state index contributed by atoms with van der Waals surface area (Å²) in [5.74, 6) is 1.70. The predicted octanol–water partition coefficient (Wildman–Crippen LogP) is 6.86. The highest BCUT2D eigenvalue weighted by Gasteiger charge is 2.56. The molecule has 6 heteroatoms. The zero-order valence-electron chi connectivity index (χ0n) is 24.4. The van der Waals surface area contributed by atoms with Crippen molar-refractivity contribution >= 4 is 23.5 Å². The lowest BCUT2D eigenvalue weighted by molar-refractivity contribution is 0.0673. The molecular weight excluding hydrogens is 532 g/mol. The van der Waals surface area contributed by atoms with Crippen LogP contribution in [0, 0.1) is 0 Å². The standard InChI is InChI=1S/C37H36N4O2/c42-36-30-12-4-5-13-31(30)37(41(36)23-18-38-26-27-10-2-1-3-11-27)32-16-14-28(39-19-6-7-20-39)24-34(32)43-35-25-29(15-17-33(35)37)40-21-8-9-22-40/h1-5,10-17,24-26H,6-9,18-23H2. The number of benzene rings is 4. The van der Waals surface area contributed by atoms with Crippen LogP contribution < -0.4 is 14.5 Å². The zero-order valence-corrected chi connectivity index (χ0v) is 24.4. The van der Waals surface area contributed by atoms with Crippen LogP contribution in [0.3, 0.4) is 0 Å². The average Bonchev–Trinajstić information content (AvgIpc) is 3.83. The first-order valence-electron chi connectivity index (χ1n) is 15.7. The highest BCUT2D eigenvalue weighted by Crippen LogP contribution is 2.58. The van der Waals surface area contributed by atoms with E-state index in [0.29, 0.717) is 13.1 Å². The molecule has 0 bridgehead atoms. The maximum atomic E-state index is 14.3. The Labute approximate surface area is 253 Å². The van der Waals surface area contributed by atoms with Gasteiger partial charge in [0.25, 0.3) is 5.91 Å². The maximum absolute atomic E-state index is 14.3. The number of anilines is 2. The summed E-state index contributed by atoms with van der Waals surface area (Å²) >= 11 is 0. The molecule has 4 heterocycles. The number of rotatable bonds is 6. The topological polar surface area (TPSA) is 48.4 Å². The quantitative estimate of drug-likeness (QED) is 0.239. The molecule has 43 heavy (non-hydrogen) atoms. The molecule has 0 unspecified atom stereocenters. The number of ether oxygens (including phenoxy) is 1. The fraction of sp³-hybridized carbons (Fsp3) is 0.297. The molecule has 0 saturated carbocycles. The number of fused-ring (bicyclic) bond motifs is 6. The molecule has 2 fully saturated rings. The van der Waals surface area contributed by atoms with Crippen LogP contribution >= 0.6 is 0 Å². The van der Waals surface area contributed by atoms with Gasteiger partial charge in [0.15, 0.2) is 0 Å². The summed E-state index contributed by atoms with van der Waals surface area (Å²) < 4.78 is 6.83. The van der Waals surface area contributed by atoms with Gasteiger partial charge >= 0.3 is 0 Å². The first-order chi connectivity index (χ1) is 21.2. The van der Waals surface area contributed by atoms with Gasteiger partial charge in [0.2, 0.25) is 0 Å². The Kier molecular flexibility index (Phi) is 6.43. The molecule has 0 N–H and O–H groups in total. The van der Waals surface area contributed by atoms with Crippen molar-refractivity contribution in [3.05, 3.63) is 119 Å². The second-order valence-corrected chi connectivity index (χ2v) is 12.0. The van der Waals surface area contributed by atoms with E-state index < -0.39 is 5.54 Å². The second kappa shape index (κ2) is 10.6. The molecule has 0 atom stereocenters. The van der Waals surface area contributed by atoms with Gasteiger partial charge in [-0.25, -0.2) is 0 Å². The third kappa shape index (κ3) is 4.22. The van der Waals surface area contributed by atoms with Crippen LogP contribution in [0.2, 0.25) is 0 Å². The van der Waals surface area contributed by atoms with E-state index in [1.807, 2.05) is 53.6 Å². The van der Waals surface area contributed by atoms with E-state index in [1.54, 1.807) is 0 Å². The molecule has 4 aromatic carbocycles. The molecule has 4 aliphatic rings. The summed E-state index contributed by atoms with van der Waals surface area (Å²) in [6.45, 7) is 5.23. The van der Waals surface area contributed by atoms with Crippen molar-refractivity contribution in [2.45, 2.75) is 31.2 Å². The van der Waals surface area contributed by atoms with Crippen LogP contribution in [0.15, 0.2) is 96.0 Å². The number of carbonyl (C=O) groups excluding carboxylic acids is 1. The van der Waals surface area contributed by atoms with Gasteiger partial charge in [-0.05, 0) is 55.0 Å². The van der Waals surface area contributed by atoms with Crippen LogP contribution in [0.25, 0.3) is 0 Å². The Morgan fingerprint density at radius 3 is 1.91 bits per heavy atom. The van der Waals surface area contributed by atoms with Crippen molar-refractivity contribution in [2.75, 3.05) is 49.1 Å². The molecule has 4 aliphatic heterocycles. The third-order valence-corrected chi connectivity index (χ3v) is 9.56. The smallest absolute Gasteiger partial charge is 0.255 e. The normalized spacial score (nSPS) is 18.3. The summed E-state index contributed by atoms with van der Waals surface area (Å²) in [5.41, 5.74) is 6.42. The summed E-state index contributed by atoms with van der Waals surface area (Å²) in [7, 11) is 0. The number of hydrogen-bond acceptors (Lipinski definition) is 5. The first-order valence-corrected chi connectivity index (χ1v) is 15.7. The van der Waals surface area contributed by atoms with Crippen LogP contribution in [0.4, 0.5) is 11.4 Å². The largest absolute Gasteiger partial charge is 0.456 e. The number of carbonyl (C=O) groups is 1. The van der Waals surface area contributed by atoms with Crippen molar-refractivity contribution in [1.29, 1.82) is 0 Å². The lowest BCUT2D eigenvalue weighted by Gasteiger charge is -2.44. The molecule has 1 spiro atoms. The summed E-state index contributed by atoms with van der Waals surface area (Å²) in [6, 6.07) is 31.5. The van der Waals surface area contributed by atoms with E-state index in [1.165, 1.54) is 37.1 Å². The van der Waals surface area contributed by atoms with Crippen molar-refractivity contribution in [3.63, 3.8) is 0 Å². The Morgan fingerprint density at radius 2 is 1.28 bits per heavy atom. The van der Waals surface area contributed by atoms with Crippen LogP contribution in [-0.4, -0.2) is 56.3 Å². The van der Waals surface area contributed by atoms with Crippen LogP contribution in [-0.2, 0) is 5.54 Å². The molecule has 1 amide bonds. The van der Waals surface area contributed by atoms with E-state index >= 15 is 0 Å². The maximum Gasteiger partial charge on any atom is 0.255 e. The van der Waals surface area contributed by atoms with E-state index in [-0.39, 0.29) is 5.91 Å². The Morgan fingerprint density at radius 1 is 0.698 bits per heavy atom. The van der Waals surface area contributed by atoms with Gasteiger partial charge in [-0.3, -0.25) is 9.79 Å². The van der Waals surface area contributed by atoms with Crippen LogP contribution in [0.1, 0.15) is 58.3 Å². The SMILES string of the molecule is O=C1c2ccccc2C2(c3ccc(N4CCCC4)cc3Oc3cc(N4CCCC4)ccc32)N1CCN=Cc1ccccc1. The molecular formula is C37H36N4O2. The van der Waals surface area contributed by atoms with E-state index in [0.717, 1.165) is 65.5 Å². The second-order valence-electron chi connectivity index (χ2n) is 12.0. The van der Waals surface area contributed by atoms with Crippen LogP contribution in [0.5, 0.6) is 11.5 Å². The van der Waals surface area contributed by atoms with Gasteiger partial charge in [0.1, 0.15) is 17.0 Å². The van der Waals surface area contributed by atoms with Crippen molar-refractivity contribution in [1.82, 2.24) is 4.90 Å². The van der Waals surface area contributed by atoms with Crippen molar-refractivity contribution < 1.29 is 9.53 Å². The number of amides is 1. The minimum atomic E-state index is -0.800. The highest BCUT2D eigenvalue weighted by atomic mass is 16.5. The molecule has 4 aromatic rings. The first kappa shape index (κ1) is 26.1. The molecule has 0 aliphatic carbocycles. The summed E-state index contributed by atoms with van der Waals surface area (Å²) in [4.78, 5) is 26.0. The predicted molar refractivity (Wildman–Crippen MR) is 172 cm³/mol. The lowest BCUT2D eigenvalue weighted by atomic mass is 9.74. The Balaban J connectivity index is 1.28. The molecule has 6 nitrogen and oxygen atoms in total. The zero-order chi connectivity index (χ0) is 28.8. The van der Waals surface area contributed by atoms with Gasteiger partial charge < -0.3 is 19.4 Å². The van der Waals surface area contributed by atoms with Gasteiger partial charge in [-0.1, -0.05) is 60.7 Å². The fourth-order valence-corrected chi connectivity index (χ4v) is 7.54. The van der Waals surface area contributed by atoms with E-state index in [2.05, 4.69) is 58.3 Å². The molecule has 216 valence electrons. The summed E-state index contributed by atoms with van der Waals surface area (Å²) in [5, 5.41) is 0. The van der Waals surface area contributed by atoms with Crippen molar-refractivity contribution in [2.24, 2.45) is 4.99 Å². The van der Waals surface area contributed by atoms with Gasteiger partial charge in [-0.15, -0.1) is 0 Å². The van der Waals surface area contributed by atoms with Crippen molar-refractivity contribution in [3.8, 4) is 11.5 Å². The number of aliphatic imine (C=N–C) groups is 1. The Bertz CT molecular complexity index is 1640. The summed E-state index contributed by atoms with van der Waals surface area (Å²) in [6.07, 6.45) is 6.75. The number of hydrogen-bond donors (Lipinski definition) is 0. The third-order valence-electron chi connectivity index (χ3n) is 9.56. The minimum absolute atomic E-state index is 0.0385. The fourth-order valence-electron chi connectivity index (χ4n) is 7.54. The van der Waals surface area contributed by atoms with Gasteiger partial charge in [-0.2, -0.15) is 0 Å². The molecule has 0 aromatic heterocycles. The van der Waals surface area contributed by atoms with E-state index in [4.69, 9.17) is 9.73 Å². The molecule has 2 saturated heterocycles. The highest BCUT2D eigenvalue weighted by molar-refractivity contribution is 6.02. The monoisotopic (exact) mass is 568 g/mol. The molecule has 8 rings (SSSR count).